The van der Waals surface area contributed by atoms with E-state index >= 15 is 0 Å². The molecule has 0 saturated heterocycles. The highest BCUT2D eigenvalue weighted by Gasteiger charge is 2.02. The average molecular weight is 133 g/mol. The summed E-state index contributed by atoms with van der Waals surface area (Å²) in [5.74, 6) is -0.336. The van der Waals surface area contributed by atoms with E-state index in [9.17, 15) is 4.79 Å². The molecule has 0 aromatic rings. The van der Waals surface area contributed by atoms with Crippen LogP contribution in [0.1, 0.15) is 6.42 Å². The standard InChI is InChI=1S/C5H11NO3/c1-6(8)5(7)3-4-9-2/h8H,3-4H2,1-2H3. The van der Waals surface area contributed by atoms with Crippen LogP contribution in [0.3, 0.4) is 0 Å². The van der Waals surface area contributed by atoms with Gasteiger partial charge in [0.05, 0.1) is 13.0 Å². The zero-order chi connectivity index (χ0) is 7.28. The first-order valence-electron chi connectivity index (χ1n) is 2.63. The van der Waals surface area contributed by atoms with Crippen molar-refractivity contribution in [2.24, 2.45) is 0 Å². The summed E-state index contributed by atoms with van der Waals surface area (Å²) in [6.45, 7) is 0.351. The Labute approximate surface area is 54.0 Å². The van der Waals surface area contributed by atoms with Crippen LogP contribution in [-0.2, 0) is 9.53 Å². The molecule has 1 amide bonds. The Morgan fingerprint density at radius 3 is 2.67 bits per heavy atom. The smallest absolute Gasteiger partial charge is 0.247 e. The molecule has 4 heteroatoms. The number of carbonyl (C=O) groups is 1. The van der Waals surface area contributed by atoms with Crippen molar-refractivity contribution in [1.29, 1.82) is 0 Å². The first-order valence-corrected chi connectivity index (χ1v) is 2.63. The minimum atomic E-state index is -0.336. The largest absolute Gasteiger partial charge is 0.384 e. The average Bonchev–Trinajstić information content (AvgIpc) is 1.82. The monoisotopic (exact) mass is 133 g/mol. The zero-order valence-corrected chi connectivity index (χ0v) is 5.63. The minimum absolute atomic E-state index is 0.226. The van der Waals surface area contributed by atoms with Crippen LogP contribution in [0.25, 0.3) is 0 Å². The van der Waals surface area contributed by atoms with E-state index in [-0.39, 0.29) is 12.3 Å². The molecule has 9 heavy (non-hydrogen) atoms. The predicted molar refractivity (Wildman–Crippen MR) is 31.0 cm³/mol. The van der Waals surface area contributed by atoms with E-state index in [0.717, 1.165) is 0 Å². The van der Waals surface area contributed by atoms with Crippen molar-refractivity contribution in [3.8, 4) is 0 Å². The van der Waals surface area contributed by atoms with Gasteiger partial charge >= 0.3 is 0 Å². The number of rotatable bonds is 3. The van der Waals surface area contributed by atoms with Gasteiger partial charge in [0.25, 0.3) is 0 Å². The molecular formula is C5H11NO3. The van der Waals surface area contributed by atoms with Gasteiger partial charge in [-0.2, -0.15) is 0 Å². The molecule has 0 aromatic heterocycles. The molecule has 0 aliphatic rings. The third-order valence-electron chi connectivity index (χ3n) is 0.881. The van der Waals surface area contributed by atoms with Crippen molar-refractivity contribution in [2.75, 3.05) is 20.8 Å². The molecule has 0 rings (SSSR count). The van der Waals surface area contributed by atoms with E-state index in [0.29, 0.717) is 11.7 Å². The lowest BCUT2D eigenvalue weighted by Gasteiger charge is -2.06. The summed E-state index contributed by atoms with van der Waals surface area (Å²) in [7, 11) is 2.79. The normalized spacial score (nSPS) is 9.22. The number of carbonyl (C=O) groups excluding carboxylic acids is 1. The van der Waals surface area contributed by atoms with Gasteiger partial charge in [0, 0.05) is 14.2 Å². The predicted octanol–water partition coefficient (Wildman–Crippen LogP) is -0.130. The lowest BCUT2D eigenvalue weighted by molar-refractivity contribution is -0.160. The number of nitrogens with zero attached hydrogens (tertiary/aromatic N) is 1. The van der Waals surface area contributed by atoms with Gasteiger partial charge in [-0.15, -0.1) is 0 Å². The maximum absolute atomic E-state index is 10.5. The number of hydrogen-bond acceptors (Lipinski definition) is 3. The molecule has 0 unspecified atom stereocenters. The van der Waals surface area contributed by atoms with E-state index in [1.807, 2.05) is 0 Å². The molecule has 0 fully saturated rings. The Morgan fingerprint density at radius 1 is 1.78 bits per heavy atom. The Bertz CT molecular complexity index is 92.2. The second-order valence-corrected chi connectivity index (χ2v) is 1.66. The molecule has 0 atom stereocenters. The van der Waals surface area contributed by atoms with Crippen molar-refractivity contribution in [3.05, 3.63) is 0 Å². The van der Waals surface area contributed by atoms with E-state index < -0.39 is 0 Å². The third kappa shape index (κ3) is 3.93. The summed E-state index contributed by atoms with van der Waals surface area (Å²) in [5, 5.41) is 9.03. The van der Waals surface area contributed by atoms with E-state index in [2.05, 4.69) is 4.74 Å². The highest BCUT2D eigenvalue weighted by Crippen LogP contribution is 1.85. The Morgan fingerprint density at radius 2 is 2.33 bits per heavy atom. The molecule has 0 spiro atoms. The van der Waals surface area contributed by atoms with Crippen molar-refractivity contribution in [1.82, 2.24) is 5.06 Å². The molecule has 0 bridgehead atoms. The first kappa shape index (κ1) is 8.39. The topological polar surface area (TPSA) is 49.8 Å². The molecule has 0 saturated carbocycles. The van der Waals surface area contributed by atoms with Crippen molar-refractivity contribution < 1.29 is 14.7 Å². The fraction of sp³-hybridized carbons (Fsp3) is 0.800. The van der Waals surface area contributed by atoms with Gasteiger partial charge < -0.3 is 4.74 Å². The molecular weight excluding hydrogens is 122 g/mol. The van der Waals surface area contributed by atoms with Gasteiger partial charge in [-0.3, -0.25) is 10.0 Å². The second-order valence-electron chi connectivity index (χ2n) is 1.66. The summed E-state index contributed by atoms with van der Waals surface area (Å²) in [6.07, 6.45) is 0.226. The SMILES string of the molecule is COCCC(=O)N(C)O. The first-order chi connectivity index (χ1) is 4.18. The van der Waals surface area contributed by atoms with E-state index in [1.165, 1.54) is 14.2 Å². The third-order valence-corrected chi connectivity index (χ3v) is 0.881. The number of hydroxylamine groups is 2. The number of amides is 1. The van der Waals surface area contributed by atoms with Gasteiger partial charge in [-0.1, -0.05) is 0 Å². The fourth-order valence-electron chi connectivity index (χ4n) is 0.351. The van der Waals surface area contributed by atoms with Gasteiger partial charge in [0.1, 0.15) is 0 Å². The molecule has 0 aliphatic heterocycles. The summed E-state index contributed by atoms with van der Waals surface area (Å²) in [5.41, 5.74) is 0. The molecule has 0 radical (unpaired) electrons. The van der Waals surface area contributed by atoms with Gasteiger partial charge in [-0.25, -0.2) is 5.06 Å². The molecule has 4 nitrogen and oxygen atoms in total. The fourth-order valence-corrected chi connectivity index (χ4v) is 0.351. The zero-order valence-electron chi connectivity index (χ0n) is 5.63. The van der Waals surface area contributed by atoms with Crippen LogP contribution in [0.5, 0.6) is 0 Å². The summed E-state index contributed by atoms with van der Waals surface area (Å²) < 4.78 is 4.60. The number of methoxy groups -OCH3 is 1. The summed E-state index contributed by atoms with van der Waals surface area (Å²) in [6, 6.07) is 0. The number of ether oxygens (including phenoxy) is 1. The summed E-state index contributed by atoms with van der Waals surface area (Å²) >= 11 is 0. The van der Waals surface area contributed by atoms with Crippen molar-refractivity contribution in [2.45, 2.75) is 6.42 Å². The molecule has 54 valence electrons. The van der Waals surface area contributed by atoms with Gasteiger partial charge in [-0.05, 0) is 0 Å². The molecule has 0 aliphatic carbocycles. The van der Waals surface area contributed by atoms with Crippen LogP contribution < -0.4 is 0 Å². The molecule has 0 heterocycles. The molecule has 1 N–H and O–H groups in total. The van der Waals surface area contributed by atoms with Crippen LogP contribution in [0.2, 0.25) is 0 Å². The minimum Gasteiger partial charge on any atom is -0.384 e. The van der Waals surface area contributed by atoms with Crippen molar-refractivity contribution >= 4 is 5.91 Å². The Hall–Kier alpha value is -0.610. The lowest BCUT2D eigenvalue weighted by Crippen LogP contribution is -2.23. The highest BCUT2D eigenvalue weighted by molar-refractivity contribution is 5.74. The lowest BCUT2D eigenvalue weighted by atomic mass is 10.4. The van der Waals surface area contributed by atoms with Crippen LogP contribution in [0, 0.1) is 0 Å². The highest BCUT2D eigenvalue weighted by atomic mass is 16.5. The van der Waals surface area contributed by atoms with E-state index in [4.69, 9.17) is 5.21 Å². The Balaban J connectivity index is 3.28. The molecule has 0 aromatic carbocycles. The van der Waals surface area contributed by atoms with Crippen molar-refractivity contribution in [3.63, 3.8) is 0 Å². The number of hydrogen-bond donors (Lipinski definition) is 1. The van der Waals surface area contributed by atoms with Gasteiger partial charge in [0.2, 0.25) is 5.91 Å². The van der Waals surface area contributed by atoms with Crippen LogP contribution in [0.4, 0.5) is 0 Å². The van der Waals surface area contributed by atoms with E-state index in [1.54, 1.807) is 0 Å². The van der Waals surface area contributed by atoms with Crippen LogP contribution in [-0.4, -0.2) is 36.9 Å². The quantitative estimate of drug-likeness (QED) is 0.431. The Kier molecular flexibility index (Phi) is 4.00. The van der Waals surface area contributed by atoms with Gasteiger partial charge in [0.15, 0.2) is 0 Å². The second kappa shape index (κ2) is 4.29. The van der Waals surface area contributed by atoms with Crippen LogP contribution in [0.15, 0.2) is 0 Å². The summed E-state index contributed by atoms with van der Waals surface area (Å²) in [4.78, 5) is 10.5. The van der Waals surface area contributed by atoms with Crippen LogP contribution >= 0.6 is 0 Å². The maximum atomic E-state index is 10.5. The maximum Gasteiger partial charge on any atom is 0.247 e.